The number of aromatic nitrogens is 1. The molecule has 0 fully saturated rings. The van der Waals surface area contributed by atoms with Crippen LogP contribution in [0.2, 0.25) is 0 Å². The number of carbonyl (C=O) groups excluding carboxylic acids is 1. The Hall–Kier alpha value is -2.25. The number of aryl methyl sites for hydroxylation is 1. The number of benzene rings is 1. The summed E-state index contributed by atoms with van der Waals surface area (Å²) < 4.78 is 0. The molecule has 0 radical (unpaired) electrons. The molecule has 0 saturated heterocycles. The number of carboxylic acid groups (broad SMARTS) is 1. The molecule has 0 aliphatic carbocycles. The first-order valence-corrected chi connectivity index (χ1v) is 8.62. The van der Waals surface area contributed by atoms with Gasteiger partial charge in [-0.25, -0.2) is 4.98 Å². The Labute approximate surface area is 145 Å². The molecule has 0 atom stereocenters. The van der Waals surface area contributed by atoms with Gasteiger partial charge in [-0.1, -0.05) is 36.8 Å². The first-order chi connectivity index (χ1) is 11.5. The maximum absolute atomic E-state index is 12.1. The molecule has 0 aliphatic heterocycles. The second-order valence-electron chi connectivity index (χ2n) is 5.56. The highest BCUT2D eigenvalue weighted by atomic mass is 32.1. The molecule has 2 rings (SSSR count). The molecular weight excluding hydrogens is 326 g/mol. The van der Waals surface area contributed by atoms with Crippen molar-refractivity contribution in [1.82, 2.24) is 9.88 Å². The van der Waals surface area contributed by atoms with Gasteiger partial charge in [-0.05, 0) is 19.9 Å². The van der Waals surface area contributed by atoms with E-state index in [9.17, 15) is 9.59 Å². The Bertz CT molecular complexity index is 697. The third-order valence-electron chi connectivity index (χ3n) is 3.36. The van der Waals surface area contributed by atoms with Crippen molar-refractivity contribution in [1.29, 1.82) is 0 Å². The molecule has 0 bridgehead atoms. The fourth-order valence-electron chi connectivity index (χ4n) is 2.27. The molecule has 7 heteroatoms. The highest BCUT2D eigenvalue weighted by molar-refractivity contribution is 7.14. The number of nitrogens with one attached hydrogen (secondary N) is 1. The largest absolute Gasteiger partial charge is 0.480 e. The number of anilines is 1. The minimum atomic E-state index is -0.938. The number of rotatable bonds is 8. The molecule has 0 spiro atoms. The van der Waals surface area contributed by atoms with E-state index >= 15 is 0 Å². The van der Waals surface area contributed by atoms with Gasteiger partial charge in [0.1, 0.15) is 0 Å². The molecule has 2 aromatic rings. The molecule has 24 heavy (non-hydrogen) atoms. The van der Waals surface area contributed by atoms with Crippen LogP contribution in [0.4, 0.5) is 5.13 Å². The molecular formula is C17H21N3O3S. The average molecular weight is 347 g/mol. The second kappa shape index (κ2) is 8.56. The number of carboxylic acids is 1. The lowest BCUT2D eigenvalue weighted by Crippen LogP contribution is -2.37. The molecule has 1 aromatic heterocycles. The van der Waals surface area contributed by atoms with Crippen molar-refractivity contribution in [2.45, 2.75) is 20.3 Å². The third-order valence-corrected chi connectivity index (χ3v) is 4.12. The lowest BCUT2D eigenvalue weighted by atomic mass is 10.1. The lowest BCUT2D eigenvalue weighted by Gasteiger charge is -2.18. The molecule has 2 N–H and O–H groups in total. The van der Waals surface area contributed by atoms with Gasteiger partial charge in [-0.15, -0.1) is 11.3 Å². The Morgan fingerprint density at radius 3 is 2.58 bits per heavy atom. The molecule has 1 amide bonds. The normalized spacial score (nSPS) is 10.8. The second-order valence-corrected chi connectivity index (χ2v) is 6.41. The van der Waals surface area contributed by atoms with Gasteiger partial charge in [0.25, 0.3) is 0 Å². The van der Waals surface area contributed by atoms with E-state index in [2.05, 4.69) is 10.3 Å². The van der Waals surface area contributed by atoms with Gasteiger partial charge in [0, 0.05) is 10.9 Å². The number of hydrogen-bond acceptors (Lipinski definition) is 5. The van der Waals surface area contributed by atoms with Crippen LogP contribution < -0.4 is 5.32 Å². The fraction of sp³-hybridized carbons (Fsp3) is 0.353. The maximum atomic E-state index is 12.1. The Morgan fingerprint density at radius 1 is 1.25 bits per heavy atom. The molecule has 1 aromatic carbocycles. The first kappa shape index (κ1) is 18.1. The minimum Gasteiger partial charge on any atom is -0.480 e. The molecule has 128 valence electrons. The van der Waals surface area contributed by atoms with Crippen molar-refractivity contribution < 1.29 is 14.7 Å². The summed E-state index contributed by atoms with van der Waals surface area (Å²) in [5.41, 5.74) is 2.99. The predicted molar refractivity (Wildman–Crippen MR) is 95.3 cm³/mol. The van der Waals surface area contributed by atoms with E-state index in [1.165, 1.54) is 16.9 Å². The smallest absolute Gasteiger partial charge is 0.317 e. The van der Waals surface area contributed by atoms with Crippen LogP contribution in [0, 0.1) is 6.92 Å². The standard InChI is InChI=1S/C17H21N3O3S/c1-3-8-20(10-16(22)23)9-15(21)19-17-18-14(11-24-17)13-6-4-12(2)5-7-13/h4-7,11H,3,8-10H2,1-2H3,(H,22,23)(H,18,19,21). The van der Waals surface area contributed by atoms with E-state index in [1.807, 2.05) is 43.5 Å². The maximum Gasteiger partial charge on any atom is 0.317 e. The van der Waals surface area contributed by atoms with Crippen molar-refractivity contribution in [3.63, 3.8) is 0 Å². The van der Waals surface area contributed by atoms with Gasteiger partial charge >= 0.3 is 5.97 Å². The van der Waals surface area contributed by atoms with Crippen LogP contribution in [0.25, 0.3) is 11.3 Å². The van der Waals surface area contributed by atoms with Crippen molar-refractivity contribution in [3.05, 3.63) is 35.2 Å². The van der Waals surface area contributed by atoms with Crippen molar-refractivity contribution >= 4 is 28.3 Å². The summed E-state index contributed by atoms with van der Waals surface area (Å²) in [5.74, 6) is -1.19. The summed E-state index contributed by atoms with van der Waals surface area (Å²) in [6, 6.07) is 8.01. The summed E-state index contributed by atoms with van der Waals surface area (Å²) in [6.07, 6.45) is 0.787. The summed E-state index contributed by atoms with van der Waals surface area (Å²) in [4.78, 5) is 28.9. The van der Waals surface area contributed by atoms with Crippen LogP contribution in [-0.2, 0) is 9.59 Å². The van der Waals surface area contributed by atoms with Gasteiger partial charge in [-0.3, -0.25) is 14.5 Å². The molecule has 0 saturated carbocycles. The minimum absolute atomic E-state index is 0.0413. The number of carbonyl (C=O) groups is 2. The number of aliphatic carboxylic acids is 1. The SMILES string of the molecule is CCCN(CC(=O)O)CC(=O)Nc1nc(-c2ccc(C)cc2)cs1. The van der Waals surface area contributed by atoms with Crippen LogP contribution in [0.1, 0.15) is 18.9 Å². The van der Waals surface area contributed by atoms with Crippen LogP contribution >= 0.6 is 11.3 Å². The highest BCUT2D eigenvalue weighted by Crippen LogP contribution is 2.25. The number of nitrogens with zero attached hydrogens (tertiary/aromatic N) is 2. The molecule has 0 aliphatic rings. The molecule has 6 nitrogen and oxygen atoms in total. The van der Waals surface area contributed by atoms with E-state index in [0.29, 0.717) is 11.7 Å². The first-order valence-electron chi connectivity index (χ1n) is 7.74. The fourth-order valence-corrected chi connectivity index (χ4v) is 3.01. The predicted octanol–water partition coefficient (Wildman–Crippen LogP) is 2.85. The van der Waals surface area contributed by atoms with Gasteiger partial charge in [0.05, 0.1) is 18.8 Å². The highest BCUT2D eigenvalue weighted by Gasteiger charge is 2.14. The summed E-state index contributed by atoms with van der Waals surface area (Å²) in [7, 11) is 0. The van der Waals surface area contributed by atoms with Gasteiger partial charge < -0.3 is 10.4 Å². The van der Waals surface area contributed by atoms with Crippen LogP contribution in [0.5, 0.6) is 0 Å². The Morgan fingerprint density at radius 2 is 1.96 bits per heavy atom. The van der Waals surface area contributed by atoms with E-state index in [4.69, 9.17) is 5.11 Å². The van der Waals surface area contributed by atoms with Crippen LogP contribution in [0.15, 0.2) is 29.6 Å². The van der Waals surface area contributed by atoms with Crippen LogP contribution in [0.3, 0.4) is 0 Å². The zero-order valence-electron chi connectivity index (χ0n) is 13.8. The number of hydrogen-bond donors (Lipinski definition) is 2. The summed E-state index contributed by atoms with van der Waals surface area (Å²) in [6.45, 7) is 4.43. The van der Waals surface area contributed by atoms with E-state index in [0.717, 1.165) is 17.7 Å². The summed E-state index contributed by atoms with van der Waals surface area (Å²) >= 11 is 1.35. The Kier molecular flexibility index (Phi) is 6.45. The summed E-state index contributed by atoms with van der Waals surface area (Å²) in [5, 5.41) is 14.0. The van der Waals surface area contributed by atoms with Gasteiger partial charge in [0.15, 0.2) is 5.13 Å². The average Bonchev–Trinajstić information content (AvgIpc) is 2.95. The Balaban J connectivity index is 1.96. The number of thiazole rings is 1. The van der Waals surface area contributed by atoms with Crippen LogP contribution in [-0.4, -0.2) is 46.5 Å². The van der Waals surface area contributed by atoms with Gasteiger partial charge in [0.2, 0.25) is 5.91 Å². The van der Waals surface area contributed by atoms with Crippen molar-refractivity contribution in [2.24, 2.45) is 0 Å². The van der Waals surface area contributed by atoms with Gasteiger partial charge in [-0.2, -0.15) is 0 Å². The monoisotopic (exact) mass is 347 g/mol. The quantitative estimate of drug-likeness (QED) is 0.767. The van der Waals surface area contributed by atoms with E-state index in [-0.39, 0.29) is 19.0 Å². The zero-order valence-corrected chi connectivity index (χ0v) is 14.6. The zero-order chi connectivity index (χ0) is 17.5. The lowest BCUT2D eigenvalue weighted by molar-refractivity contribution is -0.138. The van der Waals surface area contributed by atoms with E-state index in [1.54, 1.807) is 4.90 Å². The molecule has 1 heterocycles. The number of amides is 1. The topological polar surface area (TPSA) is 82.5 Å². The van der Waals surface area contributed by atoms with E-state index < -0.39 is 5.97 Å². The van der Waals surface area contributed by atoms with Crippen molar-refractivity contribution in [2.75, 3.05) is 25.0 Å². The third kappa shape index (κ3) is 5.43. The van der Waals surface area contributed by atoms with Crippen molar-refractivity contribution in [3.8, 4) is 11.3 Å². The molecule has 0 unspecified atom stereocenters.